The number of nitrogens with zero attached hydrogens (tertiary/aromatic N) is 4. The minimum absolute atomic E-state index is 0.113. The summed E-state index contributed by atoms with van der Waals surface area (Å²) < 4.78 is 1.80. The highest BCUT2D eigenvalue weighted by Crippen LogP contribution is 2.33. The maximum absolute atomic E-state index is 12.5. The van der Waals surface area contributed by atoms with E-state index in [9.17, 15) is 4.79 Å². The van der Waals surface area contributed by atoms with Crippen LogP contribution in [0.2, 0.25) is 0 Å². The van der Waals surface area contributed by atoms with E-state index in [1.54, 1.807) is 16.3 Å². The van der Waals surface area contributed by atoms with Gasteiger partial charge in [-0.05, 0) is 56.7 Å². The lowest BCUT2D eigenvalue weighted by molar-refractivity contribution is 0.102. The van der Waals surface area contributed by atoms with Gasteiger partial charge in [-0.25, -0.2) is 4.98 Å². The summed E-state index contributed by atoms with van der Waals surface area (Å²) in [5.74, 6) is 0.496. The van der Waals surface area contributed by atoms with Crippen LogP contribution in [0, 0.1) is 13.8 Å². The molecule has 2 aromatic heterocycles. The Morgan fingerprint density at radius 3 is 2.67 bits per heavy atom. The van der Waals surface area contributed by atoms with Crippen molar-refractivity contribution in [1.29, 1.82) is 0 Å². The summed E-state index contributed by atoms with van der Waals surface area (Å²) in [7, 11) is 0. The zero-order chi connectivity index (χ0) is 21.1. The molecule has 0 aliphatic heterocycles. The van der Waals surface area contributed by atoms with Crippen LogP contribution in [0.5, 0.6) is 0 Å². The van der Waals surface area contributed by atoms with Gasteiger partial charge < -0.3 is 5.32 Å². The molecule has 1 amide bonds. The molecule has 1 N–H and O–H groups in total. The Morgan fingerprint density at radius 2 is 1.93 bits per heavy atom. The van der Waals surface area contributed by atoms with Crippen LogP contribution < -0.4 is 5.32 Å². The van der Waals surface area contributed by atoms with Crippen molar-refractivity contribution in [1.82, 2.24) is 19.6 Å². The second-order valence-electron chi connectivity index (χ2n) is 7.15. The molecule has 4 rings (SSSR count). The van der Waals surface area contributed by atoms with E-state index in [-0.39, 0.29) is 5.91 Å². The van der Waals surface area contributed by atoms with Crippen molar-refractivity contribution in [3.63, 3.8) is 0 Å². The molecule has 4 aromatic rings. The van der Waals surface area contributed by atoms with Crippen LogP contribution in [0.15, 0.2) is 64.8 Å². The van der Waals surface area contributed by atoms with E-state index in [0.717, 1.165) is 39.7 Å². The van der Waals surface area contributed by atoms with E-state index in [4.69, 9.17) is 0 Å². The molecule has 0 aliphatic rings. The average molecular weight is 418 g/mol. The van der Waals surface area contributed by atoms with Crippen molar-refractivity contribution >= 4 is 29.1 Å². The summed E-state index contributed by atoms with van der Waals surface area (Å²) in [4.78, 5) is 22.3. The van der Waals surface area contributed by atoms with Gasteiger partial charge in [0.2, 0.25) is 0 Å². The number of amides is 1. The summed E-state index contributed by atoms with van der Waals surface area (Å²) in [6, 6.07) is 15.4. The molecule has 152 valence electrons. The quantitative estimate of drug-likeness (QED) is 0.442. The van der Waals surface area contributed by atoms with Gasteiger partial charge in [-0.2, -0.15) is 14.6 Å². The zero-order valence-corrected chi connectivity index (χ0v) is 18.0. The summed E-state index contributed by atoms with van der Waals surface area (Å²) >= 11 is 1.64. The van der Waals surface area contributed by atoms with Crippen LogP contribution in [0.25, 0.3) is 5.78 Å². The number of anilines is 1. The van der Waals surface area contributed by atoms with Gasteiger partial charge in [0.15, 0.2) is 0 Å². The molecule has 0 aliphatic carbocycles. The first kappa shape index (κ1) is 20.1. The maximum atomic E-state index is 12.5. The maximum Gasteiger partial charge on any atom is 0.255 e. The zero-order valence-electron chi connectivity index (χ0n) is 17.2. The van der Waals surface area contributed by atoms with Crippen LogP contribution in [0.1, 0.15) is 40.5 Å². The Bertz CT molecular complexity index is 1200. The molecule has 7 heteroatoms. The molecule has 0 atom stereocenters. The number of nitrogens with one attached hydrogen (secondary N) is 1. The number of fused-ring (bicyclic) bond motifs is 1. The summed E-state index contributed by atoms with van der Waals surface area (Å²) in [5, 5.41) is 8.35. The number of benzene rings is 2. The predicted molar refractivity (Wildman–Crippen MR) is 119 cm³/mol. The molecular formula is C23H23N5OS. The van der Waals surface area contributed by atoms with Crippen LogP contribution in [-0.2, 0) is 6.42 Å². The Hall–Kier alpha value is -3.19. The lowest BCUT2D eigenvalue weighted by Gasteiger charge is -2.13. The second-order valence-corrected chi connectivity index (χ2v) is 8.22. The van der Waals surface area contributed by atoms with Crippen LogP contribution >= 0.6 is 11.8 Å². The monoisotopic (exact) mass is 417 g/mol. The molecular weight excluding hydrogens is 394 g/mol. The molecule has 0 spiro atoms. The molecule has 0 saturated heterocycles. The van der Waals surface area contributed by atoms with Gasteiger partial charge in [0, 0.05) is 27.4 Å². The van der Waals surface area contributed by atoms with Gasteiger partial charge in [-0.3, -0.25) is 4.79 Å². The minimum Gasteiger partial charge on any atom is -0.322 e. The molecule has 2 heterocycles. The minimum atomic E-state index is -0.113. The van der Waals surface area contributed by atoms with Crippen LogP contribution in [0.4, 0.5) is 5.69 Å². The topological polar surface area (TPSA) is 72.2 Å². The summed E-state index contributed by atoms with van der Waals surface area (Å²) in [6.07, 6.45) is 3.49. The smallest absolute Gasteiger partial charge is 0.255 e. The van der Waals surface area contributed by atoms with Crippen LogP contribution in [0.3, 0.4) is 0 Å². The normalized spacial score (nSPS) is 11.0. The fourth-order valence-corrected chi connectivity index (χ4v) is 4.39. The second kappa shape index (κ2) is 8.67. The number of hydrogen-bond acceptors (Lipinski definition) is 5. The molecule has 6 nitrogen and oxygen atoms in total. The third-order valence-corrected chi connectivity index (χ3v) is 5.91. The van der Waals surface area contributed by atoms with E-state index in [1.165, 1.54) is 11.9 Å². The highest BCUT2D eigenvalue weighted by atomic mass is 32.2. The van der Waals surface area contributed by atoms with Gasteiger partial charge in [0.25, 0.3) is 11.7 Å². The van der Waals surface area contributed by atoms with Crippen molar-refractivity contribution in [2.45, 2.75) is 43.5 Å². The summed E-state index contributed by atoms with van der Waals surface area (Å²) in [5.41, 5.74) is 4.65. The largest absolute Gasteiger partial charge is 0.322 e. The van der Waals surface area contributed by atoms with Gasteiger partial charge in [-0.15, -0.1) is 0 Å². The molecule has 0 bridgehead atoms. The highest BCUT2D eigenvalue weighted by Gasteiger charge is 2.15. The first-order valence-corrected chi connectivity index (χ1v) is 10.7. The number of rotatable bonds is 6. The highest BCUT2D eigenvalue weighted by molar-refractivity contribution is 7.99. The van der Waals surface area contributed by atoms with Crippen molar-refractivity contribution in [2.24, 2.45) is 0 Å². The van der Waals surface area contributed by atoms with Gasteiger partial charge in [-0.1, -0.05) is 42.8 Å². The first-order valence-electron chi connectivity index (χ1n) is 9.90. The SMILES string of the molecule is CCCc1c(C)nc2ncnn2c1Sc1ccc(NC(=O)c2cccc(C)c2)cc1. The average Bonchev–Trinajstić information content (AvgIpc) is 3.20. The van der Waals surface area contributed by atoms with E-state index in [0.29, 0.717) is 11.3 Å². The van der Waals surface area contributed by atoms with E-state index < -0.39 is 0 Å². The number of hydrogen-bond donors (Lipinski definition) is 1. The Balaban J connectivity index is 1.56. The van der Waals surface area contributed by atoms with E-state index in [1.807, 2.05) is 62.4 Å². The number of carbonyl (C=O) groups is 1. The third-order valence-electron chi connectivity index (χ3n) is 4.79. The summed E-state index contributed by atoms with van der Waals surface area (Å²) in [6.45, 7) is 6.15. The molecule has 0 fully saturated rings. The van der Waals surface area contributed by atoms with E-state index >= 15 is 0 Å². The first-order chi connectivity index (χ1) is 14.5. The van der Waals surface area contributed by atoms with Gasteiger partial charge >= 0.3 is 0 Å². The number of aromatic nitrogens is 4. The third kappa shape index (κ3) is 4.21. The molecule has 0 unspecified atom stereocenters. The lowest BCUT2D eigenvalue weighted by Crippen LogP contribution is -2.11. The molecule has 0 radical (unpaired) electrons. The van der Waals surface area contributed by atoms with Crippen LogP contribution in [-0.4, -0.2) is 25.5 Å². The number of carbonyl (C=O) groups excluding carboxylic acids is 1. The lowest BCUT2D eigenvalue weighted by atomic mass is 10.1. The van der Waals surface area contributed by atoms with Crippen molar-refractivity contribution in [3.8, 4) is 0 Å². The Morgan fingerprint density at radius 1 is 1.13 bits per heavy atom. The standard InChI is InChI=1S/C23H23N5OS/c1-4-6-20-16(3)26-23-24-14-25-28(23)22(20)30-19-11-9-18(10-12-19)27-21(29)17-8-5-7-15(2)13-17/h5,7-14H,4,6H2,1-3H3,(H,27,29). The van der Waals surface area contributed by atoms with Crippen molar-refractivity contribution < 1.29 is 4.79 Å². The molecule has 30 heavy (non-hydrogen) atoms. The predicted octanol–water partition coefficient (Wildman–Crippen LogP) is 5.10. The fourth-order valence-electron chi connectivity index (χ4n) is 3.31. The molecule has 0 saturated carbocycles. The van der Waals surface area contributed by atoms with Crippen molar-refractivity contribution in [2.75, 3.05) is 5.32 Å². The fraction of sp³-hybridized carbons (Fsp3) is 0.217. The molecule has 2 aromatic carbocycles. The number of aryl methyl sites for hydroxylation is 2. The Labute approximate surface area is 179 Å². The Kier molecular flexibility index (Phi) is 5.81. The van der Waals surface area contributed by atoms with E-state index in [2.05, 4.69) is 27.3 Å². The van der Waals surface area contributed by atoms with Gasteiger partial charge in [0.05, 0.1) is 0 Å². The van der Waals surface area contributed by atoms with Gasteiger partial charge in [0.1, 0.15) is 11.4 Å². The van der Waals surface area contributed by atoms with Crippen molar-refractivity contribution in [3.05, 3.63) is 77.2 Å².